The summed E-state index contributed by atoms with van der Waals surface area (Å²) in [6.07, 6.45) is 3.69. The van der Waals surface area contributed by atoms with Gasteiger partial charge in [0.25, 0.3) is 0 Å². The van der Waals surface area contributed by atoms with Gasteiger partial charge in [0.1, 0.15) is 0 Å². The van der Waals surface area contributed by atoms with Crippen LogP contribution in [0.25, 0.3) is 0 Å². The first-order valence-electron chi connectivity index (χ1n) is 4.72. The van der Waals surface area contributed by atoms with E-state index >= 15 is 0 Å². The Morgan fingerprint density at radius 2 is 2.29 bits per heavy atom. The van der Waals surface area contributed by atoms with E-state index in [0.717, 1.165) is 12.8 Å². The zero-order chi connectivity index (χ0) is 10.3. The summed E-state index contributed by atoms with van der Waals surface area (Å²) in [6.45, 7) is 0. The average Bonchev–Trinajstić information content (AvgIpc) is 2.54. The highest BCUT2D eigenvalue weighted by Crippen LogP contribution is 2.48. The van der Waals surface area contributed by atoms with Crippen LogP contribution in [-0.2, 0) is 9.53 Å². The number of halogens is 2. The molecule has 0 aromatic heterocycles. The largest absolute Gasteiger partial charge is 0.469 e. The standard InChI is InChI=1S/C10H12Cl2O2/c1-14-10(13)7-3-6-2-5(7)4-8(11)9(6)12/h4-7,9H,2-3H2,1H3. The van der Waals surface area contributed by atoms with Gasteiger partial charge in [-0.1, -0.05) is 17.7 Å². The number of allylic oxidation sites excluding steroid dienone is 2. The van der Waals surface area contributed by atoms with E-state index in [-0.39, 0.29) is 23.2 Å². The molecule has 78 valence electrons. The molecule has 0 spiro atoms. The molecule has 0 aliphatic heterocycles. The van der Waals surface area contributed by atoms with E-state index < -0.39 is 0 Å². The number of esters is 1. The minimum Gasteiger partial charge on any atom is -0.469 e. The Morgan fingerprint density at radius 3 is 2.93 bits per heavy atom. The molecule has 2 bridgehead atoms. The first-order chi connectivity index (χ1) is 6.63. The fourth-order valence-corrected chi connectivity index (χ4v) is 3.10. The minimum absolute atomic E-state index is 0.0394. The highest BCUT2D eigenvalue weighted by atomic mass is 35.5. The third-order valence-electron chi connectivity index (χ3n) is 3.20. The van der Waals surface area contributed by atoms with Crippen molar-refractivity contribution in [1.82, 2.24) is 0 Å². The number of carbonyl (C=O) groups excluding carboxylic acids is 1. The molecule has 4 unspecified atom stereocenters. The number of rotatable bonds is 1. The fourth-order valence-electron chi connectivity index (χ4n) is 2.48. The lowest BCUT2D eigenvalue weighted by Gasteiger charge is -2.21. The Morgan fingerprint density at radius 1 is 1.57 bits per heavy atom. The molecule has 0 saturated heterocycles. The van der Waals surface area contributed by atoms with E-state index in [1.54, 1.807) is 0 Å². The Kier molecular flexibility index (Phi) is 2.76. The molecular formula is C10H12Cl2O2. The molecule has 4 heteroatoms. The molecule has 0 amide bonds. The van der Waals surface area contributed by atoms with E-state index in [1.807, 2.05) is 6.08 Å². The number of fused-ring (bicyclic) bond motifs is 2. The summed E-state index contributed by atoms with van der Waals surface area (Å²) in [6, 6.07) is 0. The smallest absolute Gasteiger partial charge is 0.309 e. The summed E-state index contributed by atoms with van der Waals surface area (Å²) in [5, 5.41) is 0.585. The maximum atomic E-state index is 11.4. The van der Waals surface area contributed by atoms with Gasteiger partial charge in [0.05, 0.1) is 18.4 Å². The van der Waals surface area contributed by atoms with Crippen LogP contribution in [0.2, 0.25) is 0 Å². The lowest BCUT2D eigenvalue weighted by atomic mass is 9.93. The van der Waals surface area contributed by atoms with Crippen molar-refractivity contribution in [2.24, 2.45) is 17.8 Å². The van der Waals surface area contributed by atoms with Gasteiger partial charge in [-0.3, -0.25) is 4.79 Å². The molecule has 0 N–H and O–H groups in total. The third-order valence-corrected chi connectivity index (χ3v) is 4.27. The summed E-state index contributed by atoms with van der Waals surface area (Å²) in [5.41, 5.74) is 0. The zero-order valence-corrected chi connectivity index (χ0v) is 9.39. The fraction of sp³-hybridized carbons (Fsp3) is 0.700. The highest BCUT2D eigenvalue weighted by Gasteiger charge is 2.44. The molecule has 4 atom stereocenters. The number of methoxy groups -OCH3 is 1. The minimum atomic E-state index is -0.135. The van der Waals surface area contributed by atoms with E-state index in [2.05, 4.69) is 0 Å². The van der Waals surface area contributed by atoms with Crippen molar-refractivity contribution in [1.29, 1.82) is 0 Å². The van der Waals surface area contributed by atoms with Crippen LogP contribution >= 0.6 is 23.2 Å². The molecule has 0 aromatic rings. The lowest BCUT2D eigenvalue weighted by Crippen LogP contribution is -2.19. The van der Waals surface area contributed by atoms with Crippen LogP contribution in [0.15, 0.2) is 11.1 Å². The number of hydrogen-bond acceptors (Lipinski definition) is 2. The molecule has 0 radical (unpaired) electrons. The van der Waals surface area contributed by atoms with Gasteiger partial charge >= 0.3 is 5.97 Å². The number of alkyl halides is 1. The number of ether oxygens (including phenoxy) is 1. The van der Waals surface area contributed by atoms with E-state index in [9.17, 15) is 4.79 Å². The SMILES string of the molecule is COC(=O)C1CC2CC1C=C(Cl)C2Cl. The second-order valence-electron chi connectivity index (χ2n) is 3.98. The van der Waals surface area contributed by atoms with E-state index in [1.165, 1.54) is 7.11 Å². The number of hydrogen-bond donors (Lipinski definition) is 0. The van der Waals surface area contributed by atoms with Gasteiger partial charge < -0.3 is 4.74 Å². The van der Waals surface area contributed by atoms with E-state index in [4.69, 9.17) is 27.9 Å². The molecule has 0 heterocycles. The van der Waals surface area contributed by atoms with E-state index in [0.29, 0.717) is 11.0 Å². The van der Waals surface area contributed by atoms with Gasteiger partial charge in [-0.2, -0.15) is 0 Å². The van der Waals surface area contributed by atoms with Crippen LogP contribution in [-0.4, -0.2) is 18.5 Å². The van der Waals surface area contributed by atoms with Crippen LogP contribution in [0.3, 0.4) is 0 Å². The Balaban J connectivity index is 2.19. The van der Waals surface area contributed by atoms with Crippen molar-refractivity contribution in [3.8, 4) is 0 Å². The van der Waals surface area contributed by atoms with Gasteiger partial charge in [0, 0.05) is 5.03 Å². The Hall–Kier alpha value is -0.210. The van der Waals surface area contributed by atoms with Gasteiger partial charge in [-0.05, 0) is 24.7 Å². The molecule has 1 fully saturated rings. The van der Waals surface area contributed by atoms with Crippen LogP contribution in [0.4, 0.5) is 0 Å². The summed E-state index contributed by atoms with van der Waals surface area (Å²) in [4.78, 5) is 11.4. The lowest BCUT2D eigenvalue weighted by molar-refractivity contribution is -0.146. The molecule has 14 heavy (non-hydrogen) atoms. The van der Waals surface area contributed by atoms with Crippen LogP contribution in [0.5, 0.6) is 0 Å². The summed E-state index contributed by atoms with van der Waals surface area (Å²) in [7, 11) is 1.42. The van der Waals surface area contributed by atoms with Crippen molar-refractivity contribution in [3.05, 3.63) is 11.1 Å². The quantitative estimate of drug-likeness (QED) is 0.515. The monoisotopic (exact) mass is 234 g/mol. The second kappa shape index (κ2) is 3.74. The van der Waals surface area contributed by atoms with Crippen molar-refractivity contribution >= 4 is 29.2 Å². The van der Waals surface area contributed by atoms with Crippen LogP contribution in [0, 0.1) is 17.8 Å². The first-order valence-corrected chi connectivity index (χ1v) is 5.54. The van der Waals surface area contributed by atoms with Crippen molar-refractivity contribution < 1.29 is 9.53 Å². The molecule has 0 aromatic carbocycles. The van der Waals surface area contributed by atoms with Gasteiger partial charge in [-0.25, -0.2) is 0 Å². The van der Waals surface area contributed by atoms with Crippen molar-refractivity contribution in [2.75, 3.05) is 7.11 Å². The Bertz CT molecular complexity index is 288. The highest BCUT2D eigenvalue weighted by molar-refractivity contribution is 6.37. The summed E-state index contributed by atoms with van der Waals surface area (Å²) >= 11 is 12.1. The topological polar surface area (TPSA) is 26.3 Å². The third kappa shape index (κ3) is 1.55. The van der Waals surface area contributed by atoms with Crippen LogP contribution in [0.1, 0.15) is 12.8 Å². The normalized spacial score (nSPS) is 40.6. The maximum Gasteiger partial charge on any atom is 0.309 e. The van der Waals surface area contributed by atoms with Gasteiger partial charge in [0.2, 0.25) is 0 Å². The van der Waals surface area contributed by atoms with Crippen molar-refractivity contribution in [3.63, 3.8) is 0 Å². The first kappa shape index (κ1) is 10.3. The average molecular weight is 235 g/mol. The molecule has 1 saturated carbocycles. The Labute approximate surface area is 93.2 Å². The molecule has 2 aliphatic carbocycles. The summed E-state index contributed by atoms with van der Waals surface area (Å²) in [5.74, 6) is 0.393. The van der Waals surface area contributed by atoms with Gasteiger partial charge in [0.15, 0.2) is 0 Å². The molecule has 2 rings (SSSR count). The van der Waals surface area contributed by atoms with Crippen LogP contribution < -0.4 is 0 Å². The van der Waals surface area contributed by atoms with Gasteiger partial charge in [-0.15, -0.1) is 11.6 Å². The number of carbonyl (C=O) groups is 1. The molecular weight excluding hydrogens is 223 g/mol. The molecule has 2 nitrogen and oxygen atoms in total. The predicted octanol–water partition coefficient (Wildman–Crippen LogP) is 2.55. The molecule has 2 aliphatic rings. The summed E-state index contributed by atoms with van der Waals surface area (Å²) < 4.78 is 4.76. The predicted molar refractivity (Wildman–Crippen MR) is 55.3 cm³/mol. The zero-order valence-electron chi connectivity index (χ0n) is 7.87. The van der Waals surface area contributed by atoms with Crippen molar-refractivity contribution in [2.45, 2.75) is 18.2 Å². The second-order valence-corrected chi connectivity index (χ2v) is 4.88. The maximum absolute atomic E-state index is 11.4.